The Hall–Kier alpha value is -1.75. The number of nitrogens with zero attached hydrogens (tertiary/aromatic N) is 3. The van der Waals surface area contributed by atoms with Crippen LogP contribution in [0, 0.1) is 0 Å². The van der Waals surface area contributed by atoms with Gasteiger partial charge in [-0.25, -0.2) is 4.98 Å². The molecule has 3 nitrogen and oxygen atoms in total. The van der Waals surface area contributed by atoms with Crippen LogP contribution in [0.5, 0.6) is 0 Å². The van der Waals surface area contributed by atoms with E-state index >= 15 is 0 Å². The van der Waals surface area contributed by atoms with Crippen LogP contribution < -0.4 is 0 Å². The lowest BCUT2D eigenvalue weighted by Crippen LogP contribution is -2.06. The molecule has 0 aromatic carbocycles. The molecule has 11 heteroatoms. The summed E-state index contributed by atoms with van der Waals surface area (Å²) in [4.78, 5) is 7.49. The summed E-state index contributed by atoms with van der Waals surface area (Å²) in [7, 11) is 0. The van der Waals surface area contributed by atoms with Gasteiger partial charge in [0.25, 0.3) is 0 Å². The van der Waals surface area contributed by atoms with Gasteiger partial charge in [0.15, 0.2) is 4.96 Å². The second-order valence-corrected chi connectivity index (χ2v) is 7.23. The number of thioether (sulfide) groups is 1. The second-order valence-electron chi connectivity index (χ2n) is 4.91. The molecule has 25 heavy (non-hydrogen) atoms. The first kappa shape index (κ1) is 18.1. The Bertz CT molecular complexity index is 878. The van der Waals surface area contributed by atoms with Crippen molar-refractivity contribution in [1.29, 1.82) is 0 Å². The third kappa shape index (κ3) is 3.61. The molecule has 0 amide bonds. The highest BCUT2D eigenvalue weighted by Gasteiger charge is 2.34. The van der Waals surface area contributed by atoms with E-state index in [2.05, 4.69) is 9.97 Å². The van der Waals surface area contributed by atoms with E-state index in [0.29, 0.717) is 23.3 Å². The van der Waals surface area contributed by atoms with Gasteiger partial charge in [-0.1, -0.05) is 18.3 Å². The van der Waals surface area contributed by atoms with E-state index in [0.717, 1.165) is 24.0 Å². The Morgan fingerprint density at radius 2 is 1.84 bits per heavy atom. The summed E-state index contributed by atoms with van der Waals surface area (Å²) in [5.74, 6) is 0.510. The normalized spacial score (nSPS) is 12.9. The molecule has 3 heterocycles. The molecule has 3 aromatic rings. The van der Waals surface area contributed by atoms with Gasteiger partial charge in [0.1, 0.15) is 16.3 Å². The van der Waals surface area contributed by atoms with E-state index in [9.17, 15) is 26.3 Å². The quantitative estimate of drug-likeness (QED) is 0.425. The first-order chi connectivity index (χ1) is 11.6. The summed E-state index contributed by atoms with van der Waals surface area (Å²) in [6.45, 7) is 1.77. The summed E-state index contributed by atoms with van der Waals surface area (Å²) in [5, 5.41) is 0. The number of hydrogen-bond donors (Lipinski definition) is 0. The number of imidazole rings is 1. The van der Waals surface area contributed by atoms with Crippen molar-refractivity contribution in [2.45, 2.75) is 24.2 Å². The first-order valence-electron chi connectivity index (χ1n) is 6.85. The molecule has 0 aliphatic carbocycles. The SMILES string of the molecule is CCSc1cc(C(F)(F)F)cnc1-c1cn2cc(C(F)(F)F)sc2n1. The maximum absolute atomic E-state index is 12.8. The lowest BCUT2D eigenvalue weighted by atomic mass is 10.2. The lowest BCUT2D eigenvalue weighted by molar-refractivity contribution is -0.138. The molecule has 0 spiro atoms. The van der Waals surface area contributed by atoms with E-state index in [1.54, 1.807) is 6.92 Å². The smallest absolute Gasteiger partial charge is 0.296 e. The van der Waals surface area contributed by atoms with Gasteiger partial charge in [-0.05, 0) is 11.8 Å². The fourth-order valence-corrected chi connectivity index (χ4v) is 3.75. The maximum atomic E-state index is 12.8. The van der Waals surface area contributed by atoms with Gasteiger partial charge in [0, 0.05) is 23.5 Å². The van der Waals surface area contributed by atoms with Gasteiger partial charge in [-0.3, -0.25) is 9.38 Å². The van der Waals surface area contributed by atoms with Crippen LogP contribution >= 0.6 is 23.1 Å². The van der Waals surface area contributed by atoms with Crippen LogP contribution in [0.15, 0.2) is 29.6 Å². The van der Waals surface area contributed by atoms with Gasteiger partial charge in [-0.15, -0.1) is 11.8 Å². The van der Waals surface area contributed by atoms with Crippen molar-refractivity contribution in [3.63, 3.8) is 0 Å². The van der Waals surface area contributed by atoms with E-state index in [1.807, 2.05) is 0 Å². The van der Waals surface area contributed by atoms with Crippen LogP contribution in [-0.4, -0.2) is 20.1 Å². The summed E-state index contributed by atoms with van der Waals surface area (Å²) < 4.78 is 77.8. The molecule has 0 N–H and O–H groups in total. The van der Waals surface area contributed by atoms with Crippen molar-refractivity contribution in [3.8, 4) is 11.4 Å². The molecule has 0 unspecified atom stereocenters. The number of rotatable bonds is 3. The van der Waals surface area contributed by atoms with Gasteiger partial charge in [-0.2, -0.15) is 26.3 Å². The van der Waals surface area contributed by atoms with Crippen LogP contribution in [0.1, 0.15) is 17.4 Å². The average molecular weight is 397 g/mol. The summed E-state index contributed by atoms with van der Waals surface area (Å²) in [6.07, 6.45) is -6.07. The van der Waals surface area contributed by atoms with Gasteiger partial charge in [0.2, 0.25) is 0 Å². The molecule has 0 aliphatic heterocycles. The minimum absolute atomic E-state index is 0.0940. The summed E-state index contributed by atoms with van der Waals surface area (Å²) >= 11 is 1.62. The Morgan fingerprint density at radius 3 is 2.40 bits per heavy atom. The third-order valence-electron chi connectivity index (χ3n) is 3.16. The first-order valence-corrected chi connectivity index (χ1v) is 8.66. The van der Waals surface area contributed by atoms with Gasteiger partial charge >= 0.3 is 12.4 Å². The predicted octanol–water partition coefficient (Wildman–Crippen LogP) is 5.61. The van der Waals surface area contributed by atoms with Crippen LogP contribution in [-0.2, 0) is 12.4 Å². The minimum Gasteiger partial charge on any atom is -0.296 e. The Kier molecular flexibility index (Phi) is 4.48. The zero-order valence-corrected chi connectivity index (χ0v) is 14.1. The monoisotopic (exact) mass is 397 g/mol. The van der Waals surface area contributed by atoms with Crippen molar-refractivity contribution >= 4 is 28.1 Å². The zero-order chi connectivity index (χ0) is 18.4. The molecule has 0 saturated heterocycles. The summed E-state index contributed by atoms with van der Waals surface area (Å²) in [6, 6.07) is 0.977. The van der Waals surface area contributed by atoms with Crippen molar-refractivity contribution in [1.82, 2.24) is 14.4 Å². The fraction of sp³-hybridized carbons (Fsp3) is 0.286. The highest BCUT2D eigenvalue weighted by molar-refractivity contribution is 7.99. The number of hydrogen-bond acceptors (Lipinski definition) is 4. The average Bonchev–Trinajstić information content (AvgIpc) is 3.04. The van der Waals surface area contributed by atoms with Crippen LogP contribution in [0.25, 0.3) is 16.3 Å². The predicted molar refractivity (Wildman–Crippen MR) is 82.7 cm³/mol. The Labute approximate surface area is 145 Å². The van der Waals surface area contributed by atoms with Crippen LogP contribution in [0.3, 0.4) is 0 Å². The topological polar surface area (TPSA) is 30.2 Å². The largest absolute Gasteiger partial charge is 0.427 e. The number of aromatic nitrogens is 3. The van der Waals surface area contributed by atoms with E-state index in [-0.39, 0.29) is 21.2 Å². The number of pyridine rings is 1. The molecular formula is C14H9F6N3S2. The Morgan fingerprint density at radius 1 is 1.12 bits per heavy atom. The summed E-state index contributed by atoms with van der Waals surface area (Å²) in [5.41, 5.74) is -0.443. The molecule has 3 aromatic heterocycles. The van der Waals surface area contributed by atoms with E-state index < -0.39 is 22.8 Å². The zero-order valence-electron chi connectivity index (χ0n) is 12.4. The number of thiazole rings is 1. The van der Waals surface area contributed by atoms with Crippen molar-refractivity contribution < 1.29 is 26.3 Å². The van der Waals surface area contributed by atoms with Crippen molar-refractivity contribution in [2.24, 2.45) is 0 Å². The number of halogens is 6. The fourth-order valence-electron chi connectivity index (χ4n) is 2.10. The number of fused-ring (bicyclic) bond motifs is 1. The van der Waals surface area contributed by atoms with E-state index in [4.69, 9.17) is 0 Å². The highest BCUT2D eigenvalue weighted by atomic mass is 32.2. The lowest BCUT2D eigenvalue weighted by Gasteiger charge is -2.10. The van der Waals surface area contributed by atoms with Crippen LogP contribution in [0.2, 0.25) is 0 Å². The van der Waals surface area contributed by atoms with Crippen LogP contribution in [0.4, 0.5) is 26.3 Å². The van der Waals surface area contributed by atoms with Crippen molar-refractivity contribution in [3.05, 3.63) is 35.1 Å². The molecule has 0 saturated carbocycles. The third-order valence-corrected chi connectivity index (χ3v) is 5.11. The molecule has 0 atom stereocenters. The van der Waals surface area contributed by atoms with E-state index in [1.165, 1.54) is 10.6 Å². The maximum Gasteiger partial charge on any atom is 0.427 e. The molecule has 0 aliphatic rings. The van der Waals surface area contributed by atoms with Gasteiger partial charge in [0.05, 0.1) is 5.56 Å². The number of alkyl halides is 6. The van der Waals surface area contributed by atoms with Gasteiger partial charge < -0.3 is 0 Å². The molecule has 0 bridgehead atoms. The standard InChI is InChI=1S/C14H9F6N3S2/c1-2-24-9-3-7(13(15,16)17)4-21-11(9)8-5-23-6-10(14(18,19)20)25-12(23)22-8/h3-6H,2H2,1H3. The molecular weight excluding hydrogens is 388 g/mol. The molecule has 3 rings (SSSR count). The minimum atomic E-state index is -4.52. The molecule has 134 valence electrons. The second kappa shape index (κ2) is 6.20. The molecule has 0 fully saturated rings. The Balaban J connectivity index is 2.06. The van der Waals surface area contributed by atoms with Crippen molar-refractivity contribution in [2.75, 3.05) is 5.75 Å². The highest BCUT2D eigenvalue weighted by Crippen LogP contribution is 2.38. The molecule has 0 radical (unpaired) electrons.